The summed E-state index contributed by atoms with van der Waals surface area (Å²) in [6.45, 7) is 0. The van der Waals surface area contributed by atoms with Gasteiger partial charge in [-0.1, -0.05) is 42.1 Å². The Morgan fingerprint density at radius 2 is 1.82 bits per heavy atom. The van der Waals surface area contributed by atoms with Gasteiger partial charge in [0.1, 0.15) is 10.8 Å². The van der Waals surface area contributed by atoms with Crippen LogP contribution in [0.25, 0.3) is 5.69 Å². The van der Waals surface area contributed by atoms with Crippen LogP contribution in [0.2, 0.25) is 0 Å². The Morgan fingerprint density at radius 1 is 1.09 bits per heavy atom. The molecule has 2 heterocycles. The fourth-order valence-electron chi connectivity index (χ4n) is 2.67. The van der Waals surface area contributed by atoms with Crippen molar-refractivity contribution >= 4 is 24.0 Å². The number of imidazole rings is 1. The summed E-state index contributed by atoms with van der Waals surface area (Å²) in [5.41, 5.74) is 3.56. The van der Waals surface area contributed by atoms with E-state index in [0.717, 1.165) is 16.2 Å². The van der Waals surface area contributed by atoms with Gasteiger partial charge in [-0.05, 0) is 42.0 Å². The van der Waals surface area contributed by atoms with E-state index in [4.69, 9.17) is 17.0 Å². The van der Waals surface area contributed by atoms with Crippen molar-refractivity contribution in [3.8, 4) is 11.4 Å². The van der Waals surface area contributed by atoms with E-state index in [0.29, 0.717) is 5.25 Å². The lowest BCUT2D eigenvalue weighted by Gasteiger charge is -2.27. The highest BCUT2D eigenvalue weighted by atomic mass is 32.2. The molecule has 4 rings (SSSR count). The van der Waals surface area contributed by atoms with Gasteiger partial charge in [-0.15, -0.1) is 0 Å². The highest BCUT2D eigenvalue weighted by Gasteiger charge is 2.34. The first-order valence-corrected chi connectivity index (χ1v) is 8.27. The van der Waals surface area contributed by atoms with Crippen LogP contribution in [0, 0.1) is 4.77 Å². The van der Waals surface area contributed by atoms with Crippen LogP contribution < -0.4 is 4.74 Å². The molecule has 0 spiro atoms. The third-order valence-corrected chi connectivity index (χ3v) is 5.46. The molecule has 1 aliphatic rings. The van der Waals surface area contributed by atoms with Crippen molar-refractivity contribution < 1.29 is 4.74 Å². The SMILES string of the molecule is COc1ccc(C2Sc3c2[nH]c(=S)n3-c2ccccc2)cc1. The molecule has 0 amide bonds. The minimum Gasteiger partial charge on any atom is -0.497 e. The van der Waals surface area contributed by atoms with E-state index in [2.05, 4.69) is 33.8 Å². The maximum atomic E-state index is 5.50. The standard InChI is InChI=1S/C17H14N2OS2/c1-20-13-9-7-11(8-10-13)15-14-16(22-15)19(17(21)18-14)12-5-3-2-4-6-12/h2-10,15H,1H3,(H,18,21). The number of hydrogen-bond donors (Lipinski definition) is 1. The van der Waals surface area contributed by atoms with E-state index in [1.54, 1.807) is 7.11 Å². The lowest BCUT2D eigenvalue weighted by molar-refractivity contribution is 0.414. The molecule has 1 N–H and O–H groups in total. The molecule has 0 bridgehead atoms. The Hall–Kier alpha value is -1.98. The summed E-state index contributed by atoms with van der Waals surface area (Å²) in [6.07, 6.45) is 0. The van der Waals surface area contributed by atoms with Crippen LogP contribution >= 0.6 is 24.0 Å². The van der Waals surface area contributed by atoms with Crippen LogP contribution in [0.5, 0.6) is 5.75 Å². The molecule has 1 aromatic heterocycles. The number of methoxy groups -OCH3 is 1. The summed E-state index contributed by atoms with van der Waals surface area (Å²) >= 11 is 7.33. The predicted octanol–water partition coefficient (Wildman–Crippen LogP) is 4.74. The number of aromatic nitrogens is 2. The van der Waals surface area contributed by atoms with E-state index in [1.165, 1.54) is 16.3 Å². The zero-order chi connectivity index (χ0) is 15.1. The van der Waals surface area contributed by atoms with Crippen molar-refractivity contribution in [1.29, 1.82) is 0 Å². The molecule has 3 aromatic rings. The first kappa shape index (κ1) is 13.7. The molecule has 1 aliphatic heterocycles. The molecule has 0 saturated carbocycles. The molecule has 0 aliphatic carbocycles. The third kappa shape index (κ3) is 2.09. The minimum atomic E-state index is 0.313. The van der Waals surface area contributed by atoms with E-state index in [1.807, 2.05) is 42.1 Å². The normalized spacial score (nSPS) is 16.0. The number of nitrogens with one attached hydrogen (secondary N) is 1. The zero-order valence-corrected chi connectivity index (χ0v) is 13.6. The summed E-state index contributed by atoms with van der Waals surface area (Å²) in [7, 11) is 1.68. The summed E-state index contributed by atoms with van der Waals surface area (Å²) in [5, 5.41) is 1.52. The topological polar surface area (TPSA) is 29.9 Å². The molecular formula is C17H14N2OS2. The molecular weight excluding hydrogens is 312 g/mol. The fourth-order valence-corrected chi connectivity index (χ4v) is 4.25. The van der Waals surface area contributed by atoms with Gasteiger partial charge in [0.2, 0.25) is 0 Å². The number of aromatic amines is 1. The molecule has 110 valence electrons. The van der Waals surface area contributed by atoms with Gasteiger partial charge in [0.15, 0.2) is 4.77 Å². The van der Waals surface area contributed by atoms with E-state index in [9.17, 15) is 0 Å². The lowest BCUT2D eigenvalue weighted by atomic mass is 10.1. The van der Waals surface area contributed by atoms with Crippen LogP contribution in [0.15, 0.2) is 59.6 Å². The summed E-state index contributed by atoms with van der Waals surface area (Å²) in [4.78, 5) is 3.36. The maximum Gasteiger partial charge on any atom is 0.182 e. The molecule has 2 aromatic carbocycles. The molecule has 0 saturated heterocycles. The van der Waals surface area contributed by atoms with Crippen molar-refractivity contribution in [1.82, 2.24) is 9.55 Å². The number of nitrogens with zero attached hydrogens (tertiary/aromatic N) is 1. The van der Waals surface area contributed by atoms with Gasteiger partial charge in [-0.2, -0.15) is 0 Å². The van der Waals surface area contributed by atoms with Gasteiger partial charge >= 0.3 is 0 Å². The number of hydrogen-bond acceptors (Lipinski definition) is 3. The van der Waals surface area contributed by atoms with E-state index >= 15 is 0 Å². The van der Waals surface area contributed by atoms with Crippen LogP contribution in [0.4, 0.5) is 0 Å². The van der Waals surface area contributed by atoms with Gasteiger partial charge in [0, 0.05) is 5.69 Å². The Balaban J connectivity index is 1.72. The predicted molar refractivity (Wildman–Crippen MR) is 91.6 cm³/mol. The number of rotatable bonds is 3. The average molecular weight is 326 g/mol. The van der Waals surface area contributed by atoms with Gasteiger partial charge in [0.25, 0.3) is 0 Å². The highest BCUT2D eigenvalue weighted by molar-refractivity contribution is 8.01. The van der Waals surface area contributed by atoms with Crippen molar-refractivity contribution in [2.24, 2.45) is 0 Å². The van der Waals surface area contributed by atoms with Crippen molar-refractivity contribution in [2.45, 2.75) is 10.3 Å². The summed E-state index contributed by atoms with van der Waals surface area (Å²) in [5.74, 6) is 0.878. The highest BCUT2D eigenvalue weighted by Crippen LogP contribution is 2.53. The fraction of sp³-hybridized carbons (Fsp3) is 0.118. The largest absolute Gasteiger partial charge is 0.497 e. The second-order valence-corrected chi connectivity index (χ2v) is 6.57. The smallest absolute Gasteiger partial charge is 0.182 e. The average Bonchev–Trinajstić information content (AvgIpc) is 2.81. The Labute approximate surface area is 138 Å². The number of thioether (sulfide) groups is 1. The second-order valence-electron chi connectivity index (χ2n) is 5.09. The number of H-pyrrole nitrogens is 1. The summed E-state index contributed by atoms with van der Waals surface area (Å²) in [6, 6.07) is 18.4. The molecule has 5 heteroatoms. The monoisotopic (exact) mass is 326 g/mol. The third-order valence-electron chi connectivity index (χ3n) is 3.80. The van der Waals surface area contributed by atoms with Crippen molar-refractivity contribution in [2.75, 3.05) is 7.11 Å². The summed E-state index contributed by atoms with van der Waals surface area (Å²) < 4.78 is 8.07. The Bertz CT molecular complexity index is 866. The van der Waals surface area contributed by atoms with Gasteiger partial charge in [-0.25, -0.2) is 0 Å². The zero-order valence-electron chi connectivity index (χ0n) is 11.9. The Kier molecular flexibility index (Phi) is 3.32. The minimum absolute atomic E-state index is 0.313. The van der Waals surface area contributed by atoms with Crippen LogP contribution in [-0.2, 0) is 0 Å². The van der Waals surface area contributed by atoms with Gasteiger partial charge in [0.05, 0.1) is 18.1 Å². The first-order valence-electron chi connectivity index (χ1n) is 6.99. The Morgan fingerprint density at radius 3 is 2.50 bits per heavy atom. The van der Waals surface area contributed by atoms with Crippen LogP contribution in [0.3, 0.4) is 0 Å². The molecule has 1 atom stereocenters. The first-order chi connectivity index (χ1) is 10.8. The second kappa shape index (κ2) is 5.34. The number of para-hydroxylation sites is 1. The molecule has 22 heavy (non-hydrogen) atoms. The molecule has 1 unspecified atom stereocenters. The molecule has 0 radical (unpaired) electrons. The van der Waals surface area contributed by atoms with Crippen LogP contribution in [0.1, 0.15) is 16.5 Å². The maximum absolute atomic E-state index is 5.50. The van der Waals surface area contributed by atoms with Crippen molar-refractivity contribution in [3.63, 3.8) is 0 Å². The molecule has 0 fully saturated rings. The van der Waals surface area contributed by atoms with E-state index in [-0.39, 0.29) is 0 Å². The number of fused-ring (bicyclic) bond motifs is 1. The van der Waals surface area contributed by atoms with E-state index < -0.39 is 0 Å². The molecule has 3 nitrogen and oxygen atoms in total. The lowest BCUT2D eigenvalue weighted by Crippen LogP contribution is -2.10. The van der Waals surface area contributed by atoms with Gasteiger partial charge in [-0.3, -0.25) is 4.57 Å². The number of ether oxygens (including phenoxy) is 1. The van der Waals surface area contributed by atoms with Crippen LogP contribution in [-0.4, -0.2) is 16.7 Å². The number of benzene rings is 2. The van der Waals surface area contributed by atoms with Gasteiger partial charge < -0.3 is 9.72 Å². The van der Waals surface area contributed by atoms with Crippen molar-refractivity contribution in [3.05, 3.63) is 70.6 Å². The quantitative estimate of drug-likeness (QED) is 0.705.